The first kappa shape index (κ1) is 16.1. The van der Waals surface area contributed by atoms with Gasteiger partial charge < -0.3 is 4.74 Å². The lowest BCUT2D eigenvalue weighted by Crippen LogP contribution is -2.13. The van der Waals surface area contributed by atoms with E-state index in [2.05, 4.69) is 27.3 Å². The van der Waals surface area contributed by atoms with E-state index < -0.39 is 10.0 Å². The summed E-state index contributed by atoms with van der Waals surface area (Å²) in [6.07, 6.45) is 0. The molecule has 0 aliphatic carbocycles. The van der Waals surface area contributed by atoms with Crippen molar-refractivity contribution in [1.82, 2.24) is 0 Å². The molecular weight excluding hydrogens is 401 g/mol. The summed E-state index contributed by atoms with van der Waals surface area (Å²) in [5.74, 6) is 0.655. The summed E-state index contributed by atoms with van der Waals surface area (Å²) >= 11 is 2.19. The maximum Gasteiger partial charge on any atom is 0.261 e. The quantitative estimate of drug-likeness (QED) is 0.754. The number of hydrogen-bond acceptors (Lipinski definition) is 3. The van der Waals surface area contributed by atoms with E-state index in [1.165, 1.54) is 12.1 Å². The summed E-state index contributed by atoms with van der Waals surface area (Å²) in [5.41, 5.74) is 1.47. The highest BCUT2D eigenvalue weighted by atomic mass is 127. The number of anilines is 1. The van der Waals surface area contributed by atoms with Crippen LogP contribution in [0.15, 0.2) is 47.4 Å². The molecule has 2 rings (SSSR count). The molecule has 0 aromatic heterocycles. The molecule has 0 aliphatic heterocycles. The van der Waals surface area contributed by atoms with Crippen molar-refractivity contribution in [2.75, 3.05) is 11.3 Å². The number of halogens is 1. The zero-order valence-electron chi connectivity index (χ0n) is 11.8. The van der Waals surface area contributed by atoms with Crippen LogP contribution in [0.25, 0.3) is 0 Å². The van der Waals surface area contributed by atoms with Crippen molar-refractivity contribution < 1.29 is 13.2 Å². The van der Waals surface area contributed by atoms with Crippen LogP contribution in [0.4, 0.5) is 5.69 Å². The van der Waals surface area contributed by atoms with Gasteiger partial charge in [-0.25, -0.2) is 8.42 Å². The van der Waals surface area contributed by atoms with Crippen LogP contribution in [0.5, 0.6) is 5.75 Å². The smallest absolute Gasteiger partial charge is 0.261 e. The highest BCUT2D eigenvalue weighted by Gasteiger charge is 2.15. The van der Waals surface area contributed by atoms with E-state index in [-0.39, 0.29) is 4.90 Å². The third kappa shape index (κ3) is 4.10. The fourth-order valence-electron chi connectivity index (χ4n) is 1.83. The van der Waals surface area contributed by atoms with Crippen molar-refractivity contribution >= 4 is 38.3 Å². The lowest BCUT2D eigenvalue weighted by atomic mass is 10.2. The van der Waals surface area contributed by atoms with Crippen LogP contribution in [0.2, 0.25) is 0 Å². The van der Waals surface area contributed by atoms with E-state index in [4.69, 9.17) is 4.74 Å². The largest absolute Gasteiger partial charge is 0.494 e. The average molecular weight is 417 g/mol. The predicted octanol–water partition coefficient (Wildman–Crippen LogP) is 3.80. The third-order valence-corrected chi connectivity index (χ3v) is 4.93. The molecule has 2 aromatic rings. The van der Waals surface area contributed by atoms with E-state index in [1.54, 1.807) is 18.2 Å². The number of sulfonamides is 1. The van der Waals surface area contributed by atoms with Crippen LogP contribution in [0.3, 0.4) is 0 Å². The van der Waals surface area contributed by atoms with Gasteiger partial charge in [0.2, 0.25) is 0 Å². The van der Waals surface area contributed by atoms with Gasteiger partial charge in [-0.05, 0) is 84.5 Å². The van der Waals surface area contributed by atoms with Crippen molar-refractivity contribution in [1.29, 1.82) is 0 Å². The van der Waals surface area contributed by atoms with Gasteiger partial charge in [0, 0.05) is 3.57 Å². The molecule has 2 aromatic carbocycles. The molecule has 0 fully saturated rings. The van der Waals surface area contributed by atoms with Crippen LogP contribution in [-0.2, 0) is 10.0 Å². The van der Waals surface area contributed by atoms with Gasteiger partial charge >= 0.3 is 0 Å². The molecule has 0 radical (unpaired) electrons. The minimum Gasteiger partial charge on any atom is -0.494 e. The Labute approximate surface area is 138 Å². The average Bonchev–Trinajstić information content (AvgIpc) is 2.43. The Kier molecular flexibility index (Phi) is 5.10. The zero-order chi connectivity index (χ0) is 15.5. The molecule has 0 bridgehead atoms. The molecule has 0 amide bonds. The van der Waals surface area contributed by atoms with Gasteiger partial charge in [-0.3, -0.25) is 4.72 Å². The molecule has 0 unspecified atom stereocenters. The molecule has 0 saturated heterocycles. The van der Waals surface area contributed by atoms with Gasteiger partial charge in [0.05, 0.1) is 17.2 Å². The summed E-state index contributed by atoms with van der Waals surface area (Å²) < 4.78 is 33.7. The lowest BCUT2D eigenvalue weighted by Gasteiger charge is -2.11. The molecule has 0 heterocycles. The van der Waals surface area contributed by atoms with Gasteiger partial charge in [-0.1, -0.05) is 0 Å². The first-order valence-electron chi connectivity index (χ1n) is 6.44. The first-order chi connectivity index (χ1) is 9.92. The molecule has 6 heteroatoms. The Morgan fingerprint density at radius 3 is 2.38 bits per heavy atom. The predicted molar refractivity (Wildman–Crippen MR) is 92.3 cm³/mol. The highest BCUT2D eigenvalue weighted by molar-refractivity contribution is 14.1. The standard InChI is InChI=1S/C15H16INO3S/c1-3-20-13-5-7-14(8-6-13)21(18,19)17-15-9-4-12(16)10-11(15)2/h4-10,17H,3H2,1-2H3. The summed E-state index contributed by atoms with van der Waals surface area (Å²) in [6, 6.07) is 11.9. The second-order valence-corrected chi connectivity index (χ2v) is 7.40. The third-order valence-electron chi connectivity index (χ3n) is 2.88. The van der Waals surface area contributed by atoms with Gasteiger partial charge in [-0.15, -0.1) is 0 Å². The molecule has 0 aliphatic rings. The normalized spacial score (nSPS) is 11.2. The number of hydrogen-bond donors (Lipinski definition) is 1. The van der Waals surface area contributed by atoms with Gasteiger partial charge in [0.1, 0.15) is 5.75 Å². The van der Waals surface area contributed by atoms with Crippen molar-refractivity contribution in [2.24, 2.45) is 0 Å². The SMILES string of the molecule is CCOc1ccc(S(=O)(=O)Nc2ccc(I)cc2C)cc1. The fourth-order valence-corrected chi connectivity index (χ4v) is 3.60. The van der Waals surface area contributed by atoms with Gasteiger partial charge in [-0.2, -0.15) is 0 Å². The monoisotopic (exact) mass is 417 g/mol. The Morgan fingerprint density at radius 1 is 1.14 bits per heavy atom. The molecule has 0 spiro atoms. The van der Waals surface area contributed by atoms with Crippen molar-refractivity contribution in [3.05, 3.63) is 51.6 Å². The summed E-state index contributed by atoms with van der Waals surface area (Å²) in [6.45, 7) is 4.30. The molecule has 112 valence electrons. The van der Waals surface area contributed by atoms with E-state index in [1.807, 2.05) is 26.0 Å². The second kappa shape index (κ2) is 6.65. The van der Waals surface area contributed by atoms with E-state index >= 15 is 0 Å². The van der Waals surface area contributed by atoms with Crippen molar-refractivity contribution in [3.63, 3.8) is 0 Å². The summed E-state index contributed by atoms with van der Waals surface area (Å²) in [4.78, 5) is 0.212. The first-order valence-corrected chi connectivity index (χ1v) is 9.00. The van der Waals surface area contributed by atoms with Crippen molar-refractivity contribution in [2.45, 2.75) is 18.7 Å². The minimum atomic E-state index is -3.59. The molecule has 1 N–H and O–H groups in total. The fraction of sp³-hybridized carbons (Fsp3) is 0.200. The number of nitrogens with one attached hydrogen (secondary N) is 1. The minimum absolute atomic E-state index is 0.212. The Balaban J connectivity index is 2.25. The molecule has 0 atom stereocenters. The maximum atomic E-state index is 12.4. The maximum absolute atomic E-state index is 12.4. The zero-order valence-corrected chi connectivity index (χ0v) is 14.7. The number of aryl methyl sites for hydroxylation is 1. The van der Waals surface area contributed by atoms with Crippen LogP contribution in [0, 0.1) is 10.5 Å². The Bertz CT molecular complexity index is 727. The van der Waals surface area contributed by atoms with Crippen LogP contribution >= 0.6 is 22.6 Å². The van der Waals surface area contributed by atoms with Crippen LogP contribution < -0.4 is 9.46 Å². The van der Waals surface area contributed by atoms with Gasteiger partial charge in [0.25, 0.3) is 10.0 Å². The number of benzene rings is 2. The van der Waals surface area contributed by atoms with E-state index in [0.717, 1.165) is 9.13 Å². The van der Waals surface area contributed by atoms with Gasteiger partial charge in [0.15, 0.2) is 0 Å². The van der Waals surface area contributed by atoms with Crippen molar-refractivity contribution in [3.8, 4) is 5.75 Å². The second-order valence-electron chi connectivity index (χ2n) is 4.47. The summed E-state index contributed by atoms with van der Waals surface area (Å²) in [5, 5.41) is 0. The molecule has 21 heavy (non-hydrogen) atoms. The lowest BCUT2D eigenvalue weighted by molar-refractivity contribution is 0.340. The highest BCUT2D eigenvalue weighted by Crippen LogP contribution is 2.22. The van der Waals surface area contributed by atoms with Crippen LogP contribution in [0.1, 0.15) is 12.5 Å². The van der Waals surface area contributed by atoms with E-state index in [9.17, 15) is 8.42 Å². The molecule has 4 nitrogen and oxygen atoms in total. The summed E-state index contributed by atoms with van der Waals surface area (Å²) in [7, 11) is -3.59. The van der Waals surface area contributed by atoms with Crippen LogP contribution in [-0.4, -0.2) is 15.0 Å². The topological polar surface area (TPSA) is 55.4 Å². The Morgan fingerprint density at radius 2 is 1.81 bits per heavy atom. The molecular formula is C15H16INO3S. The van der Waals surface area contributed by atoms with E-state index in [0.29, 0.717) is 18.0 Å². The number of ether oxygens (including phenoxy) is 1. The Hall–Kier alpha value is -1.28. The number of rotatable bonds is 5. The molecule has 0 saturated carbocycles.